The van der Waals surface area contributed by atoms with Crippen LogP contribution < -0.4 is 5.32 Å². The summed E-state index contributed by atoms with van der Waals surface area (Å²) in [5.41, 5.74) is 1.47. The van der Waals surface area contributed by atoms with E-state index in [0.29, 0.717) is 19.1 Å². The molecule has 1 aromatic carbocycles. The number of anilines is 1. The molecule has 2 N–H and O–H groups in total. The second-order valence-corrected chi connectivity index (χ2v) is 7.76. The van der Waals surface area contributed by atoms with E-state index in [1.165, 1.54) is 0 Å². The van der Waals surface area contributed by atoms with Crippen molar-refractivity contribution in [1.82, 2.24) is 4.90 Å². The van der Waals surface area contributed by atoms with Gasteiger partial charge in [-0.15, -0.1) is 0 Å². The van der Waals surface area contributed by atoms with Crippen molar-refractivity contribution >= 4 is 17.5 Å². The summed E-state index contributed by atoms with van der Waals surface area (Å²) in [6.07, 6.45) is 4.58. The van der Waals surface area contributed by atoms with Gasteiger partial charge in [0.05, 0.1) is 12.6 Å². The Bertz CT molecular complexity index is 667. The normalized spacial score (nSPS) is 24.9. The Morgan fingerprint density at radius 3 is 2.58 bits per heavy atom. The van der Waals surface area contributed by atoms with E-state index in [9.17, 15) is 14.7 Å². The van der Waals surface area contributed by atoms with E-state index in [1.54, 1.807) is 4.90 Å². The van der Waals surface area contributed by atoms with E-state index < -0.39 is 6.10 Å². The molecule has 4 rings (SSSR count). The van der Waals surface area contributed by atoms with Crippen LogP contribution in [0.2, 0.25) is 0 Å². The number of hydrogen-bond acceptors (Lipinski definition) is 4. The molecule has 2 saturated carbocycles. The molecular formula is C20H26N2O4. The van der Waals surface area contributed by atoms with Gasteiger partial charge < -0.3 is 20.1 Å². The molecule has 1 aromatic rings. The lowest BCUT2D eigenvalue weighted by molar-refractivity contribution is -0.154. The fourth-order valence-corrected chi connectivity index (χ4v) is 3.60. The molecule has 2 atom stereocenters. The molecule has 0 bridgehead atoms. The zero-order valence-corrected chi connectivity index (χ0v) is 14.9. The molecule has 0 unspecified atom stereocenters. The van der Waals surface area contributed by atoms with Crippen molar-refractivity contribution < 1.29 is 19.4 Å². The van der Waals surface area contributed by atoms with Gasteiger partial charge in [0.15, 0.2) is 0 Å². The quantitative estimate of drug-likeness (QED) is 0.816. The van der Waals surface area contributed by atoms with E-state index in [1.807, 2.05) is 24.3 Å². The Hall–Kier alpha value is -1.92. The predicted molar refractivity (Wildman–Crippen MR) is 96.4 cm³/mol. The van der Waals surface area contributed by atoms with E-state index in [-0.39, 0.29) is 30.4 Å². The van der Waals surface area contributed by atoms with Gasteiger partial charge in [-0.05, 0) is 49.3 Å². The van der Waals surface area contributed by atoms with Gasteiger partial charge in [0, 0.05) is 18.2 Å². The SMILES string of the molecule is O=C(Nc1ccc([C@@H](O)[C@H]2COCC(=O)N2CC2CC2)cc1)C1CCC1. The lowest BCUT2D eigenvalue weighted by Crippen LogP contribution is -2.52. The average Bonchev–Trinajstić information content (AvgIpc) is 3.39. The molecule has 2 amide bonds. The molecule has 0 radical (unpaired) electrons. The number of hydrogen-bond donors (Lipinski definition) is 2. The van der Waals surface area contributed by atoms with Crippen LogP contribution in [0.5, 0.6) is 0 Å². The number of amides is 2. The number of ether oxygens (including phenoxy) is 1. The number of carbonyl (C=O) groups excluding carboxylic acids is 2. The summed E-state index contributed by atoms with van der Waals surface area (Å²) < 4.78 is 5.38. The van der Waals surface area contributed by atoms with Crippen molar-refractivity contribution in [2.24, 2.45) is 11.8 Å². The molecule has 2 aliphatic carbocycles. The minimum atomic E-state index is -0.797. The van der Waals surface area contributed by atoms with Crippen LogP contribution in [0.3, 0.4) is 0 Å². The van der Waals surface area contributed by atoms with Crippen LogP contribution >= 0.6 is 0 Å². The topological polar surface area (TPSA) is 78.9 Å². The summed E-state index contributed by atoms with van der Waals surface area (Å²) in [5, 5.41) is 13.7. The Morgan fingerprint density at radius 2 is 1.96 bits per heavy atom. The van der Waals surface area contributed by atoms with Crippen LogP contribution in [0.4, 0.5) is 5.69 Å². The van der Waals surface area contributed by atoms with Crippen molar-refractivity contribution in [2.45, 2.75) is 44.2 Å². The average molecular weight is 358 g/mol. The van der Waals surface area contributed by atoms with Crippen LogP contribution in [-0.4, -0.2) is 47.6 Å². The molecule has 26 heavy (non-hydrogen) atoms. The van der Waals surface area contributed by atoms with E-state index in [0.717, 1.165) is 43.4 Å². The van der Waals surface area contributed by atoms with Crippen LogP contribution in [0, 0.1) is 11.8 Å². The van der Waals surface area contributed by atoms with Crippen LogP contribution in [0.1, 0.15) is 43.8 Å². The van der Waals surface area contributed by atoms with Gasteiger partial charge in [0.25, 0.3) is 0 Å². The molecule has 6 nitrogen and oxygen atoms in total. The van der Waals surface area contributed by atoms with E-state index in [2.05, 4.69) is 5.32 Å². The van der Waals surface area contributed by atoms with Crippen molar-refractivity contribution in [3.8, 4) is 0 Å². The largest absolute Gasteiger partial charge is 0.386 e. The molecular weight excluding hydrogens is 332 g/mol. The lowest BCUT2D eigenvalue weighted by atomic mass is 9.85. The maximum atomic E-state index is 12.2. The Labute approximate surface area is 153 Å². The second kappa shape index (κ2) is 7.37. The minimum absolute atomic E-state index is 0.0448. The Balaban J connectivity index is 1.41. The number of benzene rings is 1. The molecule has 6 heteroatoms. The number of nitrogens with zero attached hydrogens (tertiary/aromatic N) is 1. The second-order valence-electron chi connectivity index (χ2n) is 7.76. The zero-order valence-electron chi connectivity index (χ0n) is 14.9. The van der Waals surface area contributed by atoms with Gasteiger partial charge in [-0.2, -0.15) is 0 Å². The number of carbonyl (C=O) groups is 2. The van der Waals surface area contributed by atoms with Crippen molar-refractivity contribution in [3.63, 3.8) is 0 Å². The predicted octanol–water partition coefficient (Wildman–Crippen LogP) is 2.10. The summed E-state index contributed by atoms with van der Waals surface area (Å²) in [4.78, 5) is 26.0. The van der Waals surface area contributed by atoms with Gasteiger partial charge in [-0.3, -0.25) is 9.59 Å². The molecule has 0 aromatic heterocycles. The summed E-state index contributed by atoms with van der Waals surface area (Å²) in [6.45, 7) is 1.15. The first-order valence-corrected chi connectivity index (χ1v) is 9.58. The highest BCUT2D eigenvalue weighted by Gasteiger charge is 2.37. The highest BCUT2D eigenvalue weighted by molar-refractivity contribution is 5.93. The zero-order chi connectivity index (χ0) is 18.1. The molecule has 3 aliphatic rings. The van der Waals surface area contributed by atoms with Gasteiger partial charge >= 0.3 is 0 Å². The van der Waals surface area contributed by atoms with Crippen LogP contribution in [0.25, 0.3) is 0 Å². The summed E-state index contributed by atoms with van der Waals surface area (Å²) >= 11 is 0. The van der Waals surface area contributed by atoms with Gasteiger partial charge in [0.2, 0.25) is 11.8 Å². The molecule has 1 heterocycles. The van der Waals surface area contributed by atoms with Gasteiger partial charge in [0.1, 0.15) is 12.7 Å². The standard InChI is InChI=1S/C20H26N2O4/c23-18-12-26-11-17(22(18)10-13-4-5-13)19(24)14-6-8-16(9-7-14)21-20(25)15-2-1-3-15/h6-9,13,15,17,19,24H,1-5,10-12H2,(H,21,25)/t17-,19-/m1/s1. The van der Waals surface area contributed by atoms with Crippen molar-refractivity contribution in [1.29, 1.82) is 0 Å². The molecule has 0 spiro atoms. The fourth-order valence-electron chi connectivity index (χ4n) is 3.60. The molecule has 1 aliphatic heterocycles. The smallest absolute Gasteiger partial charge is 0.249 e. The summed E-state index contributed by atoms with van der Waals surface area (Å²) in [5.74, 6) is 0.737. The maximum Gasteiger partial charge on any atom is 0.249 e. The number of aliphatic hydroxyl groups excluding tert-OH is 1. The highest BCUT2D eigenvalue weighted by Crippen LogP contribution is 2.33. The maximum absolute atomic E-state index is 12.2. The third-order valence-corrected chi connectivity index (χ3v) is 5.75. The number of rotatable bonds is 6. The first kappa shape index (κ1) is 17.5. The van der Waals surface area contributed by atoms with Crippen LogP contribution in [-0.2, 0) is 14.3 Å². The highest BCUT2D eigenvalue weighted by atomic mass is 16.5. The first-order chi connectivity index (χ1) is 12.6. The molecule has 140 valence electrons. The number of morpholine rings is 1. The van der Waals surface area contributed by atoms with Crippen molar-refractivity contribution in [2.75, 3.05) is 25.1 Å². The minimum Gasteiger partial charge on any atom is -0.386 e. The molecule has 1 saturated heterocycles. The fraction of sp³-hybridized carbons (Fsp3) is 0.600. The third-order valence-electron chi connectivity index (χ3n) is 5.75. The number of aliphatic hydroxyl groups is 1. The first-order valence-electron chi connectivity index (χ1n) is 9.58. The molecule has 3 fully saturated rings. The number of nitrogens with one attached hydrogen (secondary N) is 1. The van der Waals surface area contributed by atoms with Gasteiger partial charge in [-0.1, -0.05) is 18.6 Å². The Morgan fingerprint density at radius 1 is 1.23 bits per heavy atom. The third kappa shape index (κ3) is 3.76. The van der Waals surface area contributed by atoms with E-state index in [4.69, 9.17) is 4.74 Å². The van der Waals surface area contributed by atoms with Gasteiger partial charge in [-0.25, -0.2) is 0 Å². The van der Waals surface area contributed by atoms with Crippen molar-refractivity contribution in [3.05, 3.63) is 29.8 Å². The Kier molecular flexibility index (Phi) is 4.96. The van der Waals surface area contributed by atoms with Crippen LogP contribution in [0.15, 0.2) is 24.3 Å². The lowest BCUT2D eigenvalue weighted by Gasteiger charge is -2.38. The summed E-state index contributed by atoms with van der Waals surface area (Å²) in [6, 6.07) is 6.90. The van der Waals surface area contributed by atoms with E-state index >= 15 is 0 Å². The summed E-state index contributed by atoms with van der Waals surface area (Å²) in [7, 11) is 0. The monoisotopic (exact) mass is 358 g/mol.